The zero-order valence-electron chi connectivity index (χ0n) is 4.98. The summed E-state index contributed by atoms with van der Waals surface area (Å²) in [5.41, 5.74) is 1.08. The number of hydrogen-bond donors (Lipinski definition) is 1. The molecule has 0 aromatic carbocycles. The lowest BCUT2D eigenvalue weighted by atomic mass is 10.1. The van der Waals surface area contributed by atoms with Gasteiger partial charge in [-0.05, 0) is 0 Å². The number of hydrogen-bond acceptors (Lipinski definition) is 3. The minimum absolute atomic E-state index is 0.860. The molecule has 1 aromatic rings. The van der Waals surface area contributed by atoms with E-state index >= 15 is 0 Å². The van der Waals surface area contributed by atoms with Gasteiger partial charge in [0.1, 0.15) is 12.0 Å². The van der Waals surface area contributed by atoms with Gasteiger partial charge in [-0.25, -0.2) is 0 Å². The van der Waals surface area contributed by atoms with E-state index in [4.69, 9.17) is 4.52 Å². The van der Waals surface area contributed by atoms with Crippen molar-refractivity contribution in [3.63, 3.8) is 0 Å². The second kappa shape index (κ2) is 1.84. The van der Waals surface area contributed by atoms with Crippen molar-refractivity contribution < 1.29 is 4.52 Å². The van der Waals surface area contributed by atoms with Crippen molar-refractivity contribution in [2.75, 3.05) is 6.54 Å². The van der Waals surface area contributed by atoms with Gasteiger partial charge in [0.05, 0.1) is 0 Å². The number of nitrogens with one attached hydrogen (secondary N) is 1. The summed E-state index contributed by atoms with van der Waals surface area (Å²) in [6, 6.07) is 0. The van der Waals surface area contributed by atoms with Crippen LogP contribution in [0, 0.1) is 6.20 Å². The van der Waals surface area contributed by atoms with Crippen LogP contribution in [0.1, 0.15) is 11.3 Å². The molecule has 3 nitrogen and oxygen atoms in total. The average Bonchev–Trinajstić information content (AvgIpc) is 2.33. The zero-order chi connectivity index (χ0) is 6.10. The van der Waals surface area contributed by atoms with Crippen LogP contribution in [-0.4, -0.2) is 11.7 Å². The van der Waals surface area contributed by atoms with Crippen LogP contribution < -0.4 is 5.32 Å². The Morgan fingerprint density at radius 3 is 3.56 bits per heavy atom. The highest BCUT2D eigenvalue weighted by atomic mass is 16.5. The Morgan fingerprint density at radius 2 is 2.67 bits per heavy atom. The molecule has 0 fully saturated rings. The molecule has 0 aliphatic carbocycles. The fraction of sp³-hybridized carbons (Fsp3) is 0.500. The van der Waals surface area contributed by atoms with Crippen molar-refractivity contribution in [2.24, 2.45) is 0 Å². The third-order valence-corrected chi connectivity index (χ3v) is 1.50. The first-order valence-electron chi connectivity index (χ1n) is 3.02. The van der Waals surface area contributed by atoms with Crippen molar-refractivity contribution in [2.45, 2.75) is 13.0 Å². The lowest BCUT2D eigenvalue weighted by Crippen LogP contribution is -2.22. The minimum atomic E-state index is 0.860. The minimum Gasteiger partial charge on any atom is -0.360 e. The highest BCUT2D eigenvalue weighted by Gasteiger charge is 2.11. The van der Waals surface area contributed by atoms with Gasteiger partial charge in [0.2, 0.25) is 0 Å². The largest absolute Gasteiger partial charge is 0.360 e. The number of nitrogens with zero attached hydrogens (tertiary/aromatic N) is 1. The Hall–Kier alpha value is -0.830. The van der Waals surface area contributed by atoms with E-state index in [-0.39, 0.29) is 0 Å². The molecule has 1 aromatic heterocycles. The Labute approximate surface area is 53.0 Å². The summed E-state index contributed by atoms with van der Waals surface area (Å²) >= 11 is 0. The molecular formula is C6H7N2O. The molecular weight excluding hydrogens is 116 g/mol. The van der Waals surface area contributed by atoms with Crippen LogP contribution in [0.25, 0.3) is 0 Å². The Balaban J connectivity index is 2.39. The fourth-order valence-electron chi connectivity index (χ4n) is 1.00. The Morgan fingerprint density at radius 1 is 1.67 bits per heavy atom. The maximum Gasteiger partial charge on any atom is 0.143 e. The predicted molar refractivity (Wildman–Crippen MR) is 30.7 cm³/mol. The highest BCUT2D eigenvalue weighted by molar-refractivity contribution is 5.14. The summed E-state index contributed by atoms with van der Waals surface area (Å²) in [6.45, 7) is 1.86. The molecule has 0 saturated heterocycles. The quantitative estimate of drug-likeness (QED) is 0.532. The van der Waals surface area contributed by atoms with E-state index in [1.54, 1.807) is 0 Å². The molecule has 1 radical (unpaired) electrons. The molecule has 1 aliphatic rings. The van der Waals surface area contributed by atoms with E-state index in [2.05, 4.69) is 16.7 Å². The predicted octanol–water partition coefficient (Wildman–Crippen LogP) is 0.120. The molecule has 1 N–H and O–H groups in total. The molecule has 0 saturated carbocycles. The summed E-state index contributed by atoms with van der Waals surface area (Å²) in [6.07, 6.45) is 3.73. The van der Waals surface area contributed by atoms with Crippen LogP contribution in [0.15, 0.2) is 4.52 Å². The third kappa shape index (κ3) is 0.733. The molecule has 47 valence electrons. The van der Waals surface area contributed by atoms with Gasteiger partial charge in [0.15, 0.2) is 0 Å². The lowest BCUT2D eigenvalue weighted by molar-refractivity contribution is 0.372. The monoisotopic (exact) mass is 123 g/mol. The maximum atomic E-state index is 4.91. The van der Waals surface area contributed by atoms with Crippen LogP contribution in [0.3, 0.4) is 0 Å². The lowest BCUT2D eigenvalue weighted by Gasteiger charge is -2.07. The topological polar surface area (TPSA) is 38.1 Å². The van der Waals surface area contributed by atoms with Gasteiger partial charge < -0.3 is 9.84 Å². The van der Waals surface area contributed by atoms with Gasteiger partial charge in [-0.3, -0.25) is 0 Å². The van der Waals surface area contributed by atoms with Crippen molar-refractivity contribution in [3.8, 4) is 0 Å². The third-order valence-electron chi connectivity index (χ3n) is 1.50. The number of fused-ring (bicyclic) bond motifs is 1. The normalized spacial score (nSPS) is 17.3. The van der Waals surface area contributed by atoms with Crippen molar-refractivity contribution in [1.29, 1.82) is 0 Å². The van der Waals surface area contributed by atoms with Gasteiger partial charge in [-0.1, -0.05) is 5.16 Å². The van der Waals surface area contributed by atoms with Crippen molar-refractivity contribution >= 4 is 0 Å². The summed E-state index contributed by atoms with van der Waals surface area (Å²) in [5.74, 6) is 0.994. The van der Waals surface area contributed by atoms with E-state index < -0.39 is 0 Å². The van der Waals surface area contributed by atoms with Crippen molar-refractivity contribution in [3.05, 3.63) is 17.5 Å². The van der Waals surface area contributed by atoms with E-state index in [0.717, 1.165) is 30.8 Å². The summed E-state index contributed by atoms with van der Waals surface area (Å²) in [5, 5.41) is 6.76. The fourth-order valence-corrected chi connectivity index (χ4v) is 1.00. The molecule has 2 heterocycles. The smallest absolute Gasteiger partial charge is 0.143 e. The molecule has 9 heavy (non-hydrogen) atoms. The van der Waals surface area contributed by atoms with Crippen molar-refractivity contribution in [1.82, 2.24) is 10.5 Å². The molecule has 0 amide bonds. The van der Waals surface area contributed by atoms with Crippen LogP contribution in [-0.2, 0) is 13.0 Å². The standard InChI is InChI=1S/C6H7N2O/c1-2-7-3-5-4-8-9-6(1)5/h7H,1-3H2. The number of rotatable bonds is 0. The van der Waals surface area contributed by atoms with Crippen LogP contribution in [0.5, 0.6) is 0 Å². The average molecular weight is 123 g/mol. The SMILES string of the molecule is [c]1noc2c1CNCC2. The molecule has 0 unspecified atom stereocenters. The first-order chi connectivity index (χ1) is 4.47. The second-order valence-electron chi connectivity index (χ2n) is 2.12. The van der Waals surface area contributed by atoms with Crippen LogP contribution in [0.2, 0.25) is 0 Å². The van der Waals surface area contributed by atoms with Crippen LogP contribution >= 0.6 is 0 Å². The van der Waals surface area contributed by atoms with Gasteiger partial charge >= 0.3 is 0 Å². The molecule has 3 heteroatoms. The summed E-state index contributed by atoms with van der Waals surface area (Å²) in [7, 11) is 0. The summed E-state index contributed by atoms with van der Waals surface area (Å²) in [4.78, 5) is 0. The van der Waals surface area contributed by atoms with E-state index in [0.29, 0.717) is 0 Å². The van der Waals surface area contributed by atoms with Crippen LogP contribution in [0.4, 0.5) is 0 Å². The molecule has 1 aliphatic heterocycles. The Kier molecular flexibility index (Phi) is 1.02. The van der Waals surface area contributed by atoms with Gasteiger partial charge in [-0.15, -0.1) is 0 Å². The Bertz CT molecular complexity index is 186. The molecule has 2 rings (SSSR count). The zero-order valence-corrected chi connectivity index (χ0v) is 4.98. The van der Waals surface area contributed by atoms with Gasteiger partial charge in [0.25, 0.3) is 0 Å². The molecule has 0 bridgehead atoms. The second-order valence-corrected chi connectivity index (χ2v) is 2.12. The molecule has 0 spiro atoms. The highest BCUT2D eigenvalue weighted by Crippen LogP contribution is 2.10. The van der Waals surface area contributed by atoms with E-state index in [1.807, 2.05) is 0 Å². The van der Waals surface area contributed by atoms with E-state index in [9.17, 15) is 0 Å². The first kappa shape index (κ1) is 4.99. The molecule has 0 atom stereocenters. The maximum absolute atomic E-state index is 4.91. The van der Waals surface area contributed by atoms with Gasteiger partial charge in [-0.2, -0.15) is 0 Å². The summed E-state index contributed by atoms with van der Waals surface area (Å²) < 4.78 is 4.91. The number of aromatic nitrogens is 1. The van der Waals surface area contributed by atoms with Gasteiger partial charge in [0, 0.05) is 25.1 Å². The van der Waals surface area contributed by atoms with E-state index in [1.165, 1.54) is 0 Å². The first-order valence-corrected chi connectivity index (χ1v) is 3.02.